The molecule has 0 radical (unpaired) electrons. The molecule has 2 aromatic heterocycles. The zero-order valence-corrected chi connectivity index (χ0v) is 11.8. The number of oxazole rings is 1. The number of aryl methyl sites for hydroxylation is 2. The number of aromatic amines is 1. The zero-order chi connectivity index (χ0) is 14.3. The van der Waals surface area contributed by atoms with E-state index >= 15 is 0 Å². The van der Waals surface area contributed by atoms with Crippen molar-refractivity contribution in [2.75, 3.05) is 14.2 Å². The summed E-state index contributed by atoms with van der Waals surface area (Å²) in [7, 11) is 3.20. The van der Waals surface area contributed by atoms with E-state index in [1.165, 1.54) is 0 Å². The summed E-state index contributed by atoms with van der Waals surface area (Å²) in [4.78, 5) is 12.0. The molecule has 0 spiro atoms. The Hall–Kier alpha value is -2.50. The number of hydrogen-bond donors (Lipinski definition) is 1. The van der Waals surface area contributed by atoms with Gasteiger partial charge in [-0.15, -0.1) is 0 Å². The van der Waals surface area contributed by atoms with Crippen molar-refractivity contribution in [2.24, 2.45) is 0 Å². The van der Waals surface area contributed by atoms with Gasteiger partial charge in [0.2, 0.25) is 0 Å². The second kappa shape index (κ2) is 4.56. The first-order valence-corrected chi connectivity index (χ1v) is 6.18. The number of imidazole rings is 1. The minimum atomic E-state index is 0.619. The second-order valence-corrected chi connectivity index (χ2v) is 4.46. The van der Waals surface area contributed by atoms with Crippen LogP contribution in [0.3, 0.4) is 0 Å². The summed E-state index contributed by atoms with van der Waals surface area (Å²) in [6.07, 6.45) is 0. The Morgan fingerprint density at radius 2 is 1.75 bits per heavy atom. The first-order chi connectivity index (χ1) is 9.62. The van der Waals surface area contributed by atoms with Crippen molar-refractivity contribution in [3.05, 3.63) is 23.7 Å². The number of nitrogens with one attached hydrogen (secondary N) is 1. The van der Waals surface area contributed by atoms with Gasteiger partial charge in [-0.05, 0) is 6.92 Å². The van der Waals surface area contributed by atoms with E-state index in [2.05, 4.69) is 15.0 Å². The molecule has 0 bridgehead atoms. The standard InChI is InChI=1S/C14H15N3O3/c1-7-13(20-8(2)15-7)14-16-9-5-11(18-3)12(19-4)6-10(9)17-14/h5-6H,1-4H3,(H,16,17). The van der Waals surface area contributed by atoms with Crippen LogP contribution in [0.15, 0.2) is 16.5 Å². The maximum absolute atomic E-state index is 5.58. The van der Waals surface area contributed by atoms with Crippen LogP contribution in [0.4, 0.5) is 0 Å². The molecule has 0 fully saturated rings. The molecule has 0 amide bonds. The lowest BCUT2D eigenvalue weighted by Gasteiger charge is -2.06. The average Bonchev–Trinajstić information content (AvgIpc) is 2.99. The first-order valence-electron chi connectivity index (χ1n) is 6.18. The molecule has 6 nitrogen and oxygen atoms in total. The minimum absolute atomic E-state index is 0.619. The number of nitrogens with zero attached hydrogens (tertiary/aromatic N) is 2. The van der Waals surface area contributed by atoms with E-state index in [9.17, 15) is 0 Å². The molecule has 3 rings (SSSR count). The molecule has 2 heterocycles. The summed E-state index contributed by atoms with van der Waals surface area (Å²) in [5.41, 5.74) is 2.44. The summed E-state index contributed by atoms with van der Waals surface area (Å²) in [6, 6.07) is 3.68. The van der Waals surface area contributed by atoms with E-state index in [-0.39, 0.29) is 0 Å². The number of aromatic nitrogens is 3. The van der Waals surface area contributed by atoms with Gasteiger partial charge in [-0.1, -0.05) is 0 Å². The lowest BCUT2D eigenvalue weighted by Crippen LogP contribution is -1.89. The Balaban J connectivity index is 2.17. The molecule has 20 heavy (non-hydrogen) atoms. The van der Waals surface area contributed by atoms with Crippen LogP contribution in [-0.4, -0.2) is 29.2 Å². The average molecular weight is 273 g/mol. The number of ether oxygens (including phenoxy) is 2. The molecule has 0 aliphatic rings. The highest BCUT2D eigenvalue weighted by atomic mass is 16.5. The molecule has 3 aromatic rings. The van der Waals surface area contributed by atoms with Gasteiger partial charge in [-0.25, -0.2) is 9.97 Å². The van der Waals surface area contributed by atoms with Crippen molar-refractivity contribution in [1.29, 1.82) is 0 Å². The van der Waals surface area contributed by atoms with Gasteiger partial charge < -0.3 is 18.9 Å². The van der Waals surface area contributed by atoms with Crippen LogP contribution in [0.2, 0.25) is 0 Å². The van der Waals surface area contributed by atoms with Gasteiger partial charge in [0.05, 0.1) is 30.9 Å². The van der Waals surface area contributed by atoms with E-state index < -0.39 is 0 Å². The first kappa shape index (κ1) is 12.5. The fraction of sp³-hybridized carbons (Fsp3) is 0.286. The number of H-pyrrole nitrogens is 1. The van der Waals surface area contributed by atoms with Gasteiger partial charge in [0.1, 0.15) is 0 Å². The Morgan fingerprint density at radius 3 is 2.35 bits per heavy atom. The monoisotopic (exact) mass is 273 g/mol. The summed E-state index contributed by atoms with van der Waals surface area (Å²) in [6.45, 7) is 3.70. The highest BCUT2D eigenvalue weighted by Crippen LogP contribution is 2.33. The third-order valence-electron chi connectivity index (χ3n) is 3.11. The van der Waals surface area contributed by atoms with Crippen molar-refractivity contribution >= 4 is 11.0 Å². The molecular weight excluding hydrogens is 258 g/mol. The molecule has 0 aliphatic carbocycles. The Bertz CT molecular complexity index is 732. The molecule has 0 saturated heterocycles. The van der Waals surface area contributed by atoms with Crippen molar-refractivity contribution in [1.82, 2.24) is 15.0 Å². The number of rotatable bonds is 3. The van der Waals surface area contributed by atoms with Crippen LogP contribution >= 0.6 is 0 Å². The fourth-order valence-corrected chi connectivity index (χ4v) is 2.20. The van der Waals surface area contributed by atoms with Crippen LogP contribution in [0.1, 0.15) is 11.6 Å². The molecule has 0 atom stereocenters. The summed E-state index contributed by atoms with van der Waals surface area (Å²) in [5.74, 6) is 3.21. The highest BCUT2D eigenvalue weighted by molar-refractivity contribution is 5.82. The summed E-state index contributed by atoms with van der Waals surface area (Å²) < 4.78 is 16.1. The Morgan fingerprint density at radius 1 is 1.05 bits per heavy atom. The van der Waals surface area contributed by atoms with E-state index in [0.717, 1.165) is 16.7 Å². The van der Waals surface area contributed by atoms with Crippen molar-refractivity contribution in [3.63, 3.8) is 0 Å². The SMILES string of the molecule is COc1cc2nc(-c3oc(C)nc3C)[nH]c2cc1OC. The largest absolute Gasteiger partial charge is 0.493 e. The van der Waals surface area contributed by atoms with Crippen LogP contribution in [-0.2, 0) is 0 Å². The third-order valence-corrected chi connectivity index (χ3v) is 3.11. The molecule has 0 unspecified atom stereocenters. The van der Waals surface area contributed by atoms with Gasteiger partial charge in [0, 0.05) is 19.1 Å². The molecule has 1 N–H and O–H groups in total. The summed E-state index contributed by atoms with van der Waals surface area (Å²) >= 11 is 0. The zero-order valence-electron chi connectivity index (χ0n) is 11.8. The number of methoxy groups -OCH3 is 2. The van der Waals surface area contributed by atoms with Crippen molar-refractivity contribution in [2.45, 2.75) is 13.8 Å². The highest BCUT2D eigenvalue weighted by Gasteiger charge is 2.15. The smallest absolute Gasteiger partial charge is 0.192 e. The summed E-state index contributed by atoms with van der Waals surface area (Å²) in [5, 5.41) is 0. The second-order valence-electron chi connectivity index (χ2n) is 4.46. The van der Waals surface area contributed by atoms with Crippen molar-refractivity contribution < 1.29 is 13.9 Å². The topological polar surface area (TPSA) is 73.2 Å². The predicted molar refractivity (Wildman–Crippen MR) is 74.2 cm³/mol. The van der Waals surface area contributed by atoms with Gasteiger partial charge in [-0.3, -0.25) is 0 Å². The molecule has 0 aliphatic heterocycles. The Labute approximate surface area is 115 Å². The molecule has 1 aromatic carbocycles. The maximum Gasteiger partial charge on any atom is 0.192 e. The molecular formula is C14H15N3O3. The van der Waals surface area contributed by atoms with Crippen LogP contribution in [0.5, 0.6) is 11.5 Å². The number of benzene rings is 1. The van der Waals surface area contributed by atoms with Gasteiger partial charge in [-0.2, -0.15) is 0 Å². The van der Waals surface area contributed by atoms with Gasteiger partial charge >= 0.3 is 0 Å². The lowest BCUT2D eigenvalue weighted by atomic mass is 10.3. The molecule has 104 valence electrons. The fourth-order valence-electron chi connectivity index (χ4n) is 2.20. The van der Waals surface area contributed by atoms with Crippen LogP contribution in [0, 0.1) is 13.8 Å². The van der Waals surface area contributed by atoms with E-state index in [0.29, 0.717) is 29.0 Å². The molecule has 6 heteroatoms. The van der Waals surface area contributed by atoms with Gasteiger partial charge in [0.15, 0.2) is 29.0 Å². The van der Waals surface area contributed by atoms with E-state index in [1.54, 1.807) is 14.2 Å². The lowest BCUT2D eigenvalue weighted by molar-refractivity contribution is 0.356. The van der Waals surface area contributed by atoms with E-state index in [4.69, 9.17) is 13.9 Å². The number of hydrogen-bond acceptors (Lipinski definition) is 5. The van der Waals surface area contributed by atoms with Gasteiger partial charge in [0.25, 0.3) is 0 Å². The number of fused-ring (bicyclic) bond motifs is 1. The van der Waals surface area contributed by atoms with E-state index in [1.807, 2.05) is 26.0 Å². The minimum Gasteiger partial charge on any atom is -0.493 e. The molecule has 0 saturated carbocycles. The quantitative estimate of drug-likeness (QED) is 0.794. The van der Waals surface area contributed by atoms with Crippen LogP contribution in [0.25, 0.3) is 22.6 Å². The van der Waals surface area contributed by atoms with Crippen LogP contribution < -0.4 is 9.47 Å². The maximum atomic E-state index is 5.58. The third kappa shape index (κ3) is 1.89. The normalized spacial score (nSPS) is 11.0. The Kier molecular flexibility index (Phi) is 2.85. The van der Waals surface area contributed by atoms with Crippen molar-refractivity contribution in [3.8, 4) is 23.1 Å². The predicted octanol–water partition coefficient (Wildman–Crippen LogP) is 2.85.